The van der Waals surface area contributed by atoms with E-state index in [1.807, 2.05) is 6.92 Å². The monoisotopic (exact) mass is 482 g/mol. The average molecular weight is 483 g/mol. The van der Waals surface area contributed by atoms with E-state index in [1.54, 1.807) is 0 Å². The maximum atomic E-state index is 11.3. The molecule has 0 radical (unpaired) electrons. The van der Waals surface area contributed by atoms with Gasteiger partial charge in [0, 0.05) is 0 Å². The lowest BCUT2D eigenvalue weighted by molar-refractivity contribution is -0.142. The number of aryl methyl sites for hydroxylation is 1. The van der Waals surface area contributed by atoms with Crippen LogP contribution in [0.25, 0.3) is 22.3 Å². The van der Waals surface area contributed by atoms with Crippen molar-refractivity contribution in [1.82, 2.24) is 0 Å². The van der Waals surface area contributed by atoms with Gasteiger partial charge in [0.15, 0.2) is 0 Å². The lowest BCUT2D eigenvalue weighted by Gasteiger charge is -2.28. The molecule has 1 unspecified atom stereocenters. The highest BCUT2D eigenvalue weighted by Gasteiger charge is 2.22. The van der Waals surface area contributed by atoms with Crippen LogP contribution < -0.4 is 0 Å². The summed E-state index contributed by atoms with van der Waals surface area (Å²) in [7, 11) is 0. The number of hydrogen-bond acceptors (Lipinski definition) is 1. The van der Waals surface area contributed by atoms with Crippen molar-refractivity contribution in [2.24, 2.45) is 11.8 Å². The van der Waals surface area contributed by atoms with Crippen molar-refractivity contribution in [3.63, 3.8) is 0 Å². The lowest BCUT2D eigenvalue weighted by atomic mass is 9.77. The normalized spacial score (nSPS) is 18.6. The Morgan fingerprint density at radius 1 is 0.833 bits per heavy atom. The van der Waals surface area contributed by atoms with Crippen molar-refractivity contribution in [2.75, 3.05) is 0 Å². The highest BCUT2D eigenvalue weighted by atomic mass is 16.4. The minimum absolute atomic E-state index is 0.223. The van der Waals surface area contributed by atoms with Gasteiger partial charge in [-0.3, -0.25) is 4.79 Å². The van der Waals surface area contributed by atoms with Gasteiger partial charge in [0.2, 0.25) is 0 Å². The van der Waals surface area contributed by atoms with Gasteiger partial charge in [0.25, 0.3) is 0 Å². The van der Waals surface area contributed by atoms with Crippen LogP contribution in [0.5, 0.6) is 0 Å². The summed E-state index contributed by atoms with van der Waals surface area (Å²) in [5.74, 6) is 0.773. The zero-order valence-corrected chi connectivity index (χ0v) is 22.1. The fourth-order valence-electron chi connectivity index (χ4n) is 6.02. The Morgan fingerprint density at radius 3 is 1.94 bits per heavy atom. The maximum Gasteiger partial charge on any atom is 0.306 e. The largest absolute Gasteiger partial charge is 0.481 e. The molecule has 1 atom stereocenters. The Hall–Kier alpha value is -2.87. The molecule has 0 heterocycles. The van der Waals surface area contributed by atoms with Gasteiger partial charge in [0.05, 0.1) is 5.92 Å². The fraction of sp³-hybridized carbons (Fsp3) is 0.441. The van der Waals surface area contributed by atoms with Crippen LogP contribution in [0.2, 0.25) is 0 Å². The molecule has 0 aromatic heterocycles. The van der Waals surface area contributed by atoms with Crippen LogP contribution in [0, 0.1) is 11.8 Å². The topological polar surface area (TPSA) is 37.3 Å². The summed E-state index contributed by atoms with van der Waals surface area (Å²) in [5.41, 5.74) is 7.81. The first-order valence-electron chi connectivity index (χ1n) is 14.1. The highest BCUT2D eigenvalue weighted by Crippen LogP contribution is 2.39. The Bertz CT molecular complexity index is 1090. The molecule has 1 fully saturated rings. The van der Waals surface area contributed by atoms with Crippen molar-refractivity contribution >= 4 is 5.97 Å². The lowest BCUT2D eigenvalue weighted by Crippen LogP contribution is -2.13. The summed E-state index contributed by atoms with van der Waals surface area (Å²) in [4.78, 5) is 11.3. The van der Waals surface area contributed by atoms with Crippen LogP contribution in [0.3, 0.4) is 0 Å². The van der Waals surface area contributed by atoms with Gasteiger partial charge in [0.1, 0.15) is 0 Å². The van der Waals surface area contributed by atoms with Gasteiger partial charge in [-0.25, -0.2) is 0 Å². The zero-order valence-electron chi connectivity index (χ0n) is 22.1. The van der Waals surface area contributed by atoms with E-state index >= 15 is 0 Å². The molecule has 0 aliphatic heterocycles. The van der Waals surface area contributed by atoms with E-state index in [4.69, 9.17) is 0 Å². The van der Waals surface area contributed by atoms with Gasteiger partial charge in [-0.1, -0.05) is 99.5 Å². The number of rotatable bonds is 11. The first-order chi connectivity index (χ1) is 17.6. The van der Waals surface area contributed by atoms with Crippen molar-refractivity contribution in [3.8, 4) is 22.3 Å². The molecule has 1 saturated carbocycles. The van der Waals surface area contributed by atoms with Crippen molar-refractivity contribution in [2.45, 2.75) is 84.0 Å². The molecule has 4 rings (SSSR count). The minimum Gasteiger partial charge on any atom is -0.481 e. The number of carbonyl (C=O) groups is 1. The molecule has 1 aliphatic rings. The summed E-state index contributed by atoms with van der Waals surface area (Å²) in [6.07, 6.45) is 11.4. The summed E-state index contributed by atoms with van der Waals surface area (Å²) in [6.45, 7) is 4.26. The summed E-state index contributed by atoms with van der Waals surface area (Å²) in [5, 5.41) is 9.26. The number of benzene rings is 3. The molecule has 2 nitrogen and oxygen atoms in total. The first kappa shape index (κ1) is 26.2. The van der Waals surface area contributed by atoms with Crippen molar-refractivity contribution < 1.29 is 9.90 Å². The average Bonchev–Trinajstić information content (AvgIpc) is 2.92. The number of carboxylic acid groups (broad SMARTS) is 1. The maximum absolute atomic E-state index is 11.3. The second kappa shape index (κ2) is 12.9. The molecule has 2 heteroatoms. The van der Waals surface area contributed by atoms with Crippen molar-refractivity contribution in [1.29, 1.82) is 0 Å². The molecule has 0 spiro atoms. The number of aliphatic carboxylic acids is 1. The molecule has 0 saturated heterocycles. The van der Waals surface area contributed by atoms with Crippen LogP contribution in [0.4, 0.5) is 0 Å². The SMILES string of the molecule is CCCC1CCC(c2ccc(-c3ccccc3-c3ccc(CCCC(CC)C(=O)O)cc3)cc2)CC1. The standard InChI is InChI=1S/C34H42O2/c1-3-8-25-13-17-28(18-14-25)29-21-23-31(24-22-29)33-12-6-5-11-32(33)30-19-15-26(16-20-30)9-7-10-27(4-2)34(35)36/h5-6,11-12,15-16,19-25,27-28H,3-4,7-10,13-14,17-18H2,1-2H3,(H,35,36). The minimum atomic E-state index is -0.670. The molecular formula is C34H42O2. The van der Waals surface area contributed by atoms with E-state index in [-0.39, 0.29) is 5.92 Å². The van der Waals surface area contributed by atoms with Crippen LogP contribution in [-0.4, -0.2) is 11.1 Å². The summed E-state index contributed by atoms with van der Waals surface area (Å²) in [6, 6.07) is 26.9. The predicted molar refractivity (Wildman–Crippen MR) is 151 cm³/mol. The highest BCUT2D eigenvalue weighted by molar-refractivity contribution is 5.83. The summed E-state index contributed by atoms with van der Waals surface area (Å²) < 4.78 is 0. The number of carboxylic acids is 1. The zero-order chi connectivity index (χ0) is 25.3. The Labute approximate surface area is 217 Å². The molecular weight excluding hydrogens is 440 g/mol. The van der Waals surface area contributed by atoms with E-state index < -0.39 is 5.97 Å². The van der Waals surface area contributed by atoms with E-state index in [2.05, 4.69) is 79.7 Å². The van der Waals surface area contributed by atoms with Crippen LogP contribution in [0.15, 0.2) is 72.8 Å². The van der Waals surface area contributed by atoms with Crippen LogP contribution >= 0.6 is 0 Å². The third kappa shape index (κ3) is 6.66. The number of hydrogen-bond donors (Lipinski definition) is 1. The fourth-order valence-corrected chi connectivity index (χ4v) is 6.02. The first-order valence-corrected chi connectivity index (χ1v) is 14.1. The second-order valence-corrected chi connectivity index (χ2v) is 10.7. The molecule has 0 bridgehead atoms. The summed E-state index contributed by atoms with van der Waals surface area (Å²) >= 11 is 0. The van der Waals surface area contributed by atoms with E-state index in [0.29, 0.717) is 6.42 Å². The van der Waals surface area contributed by atoms with Crippen LogP contribution in [0.1, 0.15) is 88.7 Å². The van der Waals surface area contributed by atoms with Gasteiger partial charge >= 0.3 is 5.97 Å². The molecule has 190 valence electrons. The Kier molecular flexibility index (Phi) is 9.39. The smallest absolute Gasteiger partial charge is 0.306 e. The van der Waals surface area contributed by atoms with Crippen LogP contribution in [-0.2, 0) is 11.2 Å². The Morgan fingerprint density at radius 2 is 1.42 bits per heavy atom. The van der Waals surface area contributed by atoms with Gasteiger partial charge in [-0.2, -0.15) is 0 Å². The third-order valence-electron chi connectivity index (χ3n) is 8.29. The molecule has 3 aromatic rings. The van der Waals surface area contributed by atoms with Gasteiger partial charge < -0.3 is 5.11 Å². The molecule has 0 amide bonds. The van der Waals surface area contributed by atoms with Gasteiger partial charge in [-0.15, -0.1) is 0 Å². The van der Waals surface area contributed by atoms with Gasteiger partial charge in [-0.05, 0) is 96.6 Å². The molecule has 36 heavy (non-hydrogen) atoms. The second-order valence-electron chi connectivity index (χ2n) is 10.7. The van der Waals surface area contributed by atoms with Crippen molar-refractivity contribution in [3.05, 3.63) is 83.9 Å². The van der Waals surface area contributed by atoms with E-state index in [9.17, 15) is 9.90 Å². The van der Waals surface area contributed by atoms with E-state index in [0.717, 1.165) is 31.1 Å². The predicted octanol–water partition coefficient (Wildman–Crippen LogP) is 9.53. The van der Waals surface area contributed by atoms with E-state index in [1.165, 1.54) is 71.9 Å². The quantitative estimate of drug-likeness (QED) is 0.295. The Balaban J connectivity index is 1.42. The molecule has 1 aliphatic carbocycles. The molecule has 1 N–H and O–H groups in total. The third-order valence-corrected chi connectivity index (χ3v) is 8.29. The molecule has 3 aromatic carbocycles.